The van der Waals surface area contributed by atoms with Crippen molar-refractivity contribution in [3.05, 3.63) is 18.5 Å². The van der Waals surface area contributed by atoms with Crippen molar-refractivity contribution < 1.29 is 8.42 Å². The minimum absolute atomic E-state index is 0.0212. The van der Waals surface area contributed by atoms with E-state index in [-0.39, 0.29) is 16.6 Å². The van der Waals surface area contributed by atoms with Crippen LogP contribution < -0.4 is 5.73 Å². The maximum Gasteiger partial charge on any atom is 0.246 e. The second kappa shape index (κ2) is 6.07. The molecular weight excluding hydrogens is 276 g/mol. The first-order valence-corrected chi connectivity index (χ1v) is 8.30. The van der Waals surface area contributed by atoms with E-state index in [9.17, 15) is 8.42 Å². The Labute approximate surface area is 120 Å². The van der Waals surface area contributed by atoms with Crippen molar-refractivity contribution in [2.45, 2.75) is 30.7 Å². The van der Waals surface area contributed by atoms with E-state index in [0.717, 1.165) is 25.9 Å². The van der Waals surface area contributed by atoms with Gasteiger partial charge in [0.25, 0.3) is 0 Å². The van der Waals surface area contributed by atoms with Gasteiger partial charge in [-0.1, -0.05) is 6.92 Å². The van der Waals surface area contributed by atoms with Gasteiger partial charge in [-0.15, -0.1) is 0 Å². The summed E-state index contributed by atoms with van der Waals surface area (Å²) in [6.45, 7) is 4.19. The molecule has 1 aliphatic heterocycles. The van der Waals surface area contributed by atoms with Crippen LogP contribution in [0.4, 0.5) is 5.69 Å². The van der Waals surface area contributed by atoms with Crippen LogP contribution in [0.25, 0.3) is 0 Å². The number of nitrogens with zero attached hydrogens (tertiary/aromatic N) is 3. The molecule has 0 aromatic carbocycles. The Morgan fingerprint density at radius 2 is 2.20 bits per heavy atom. The molecule has 1 aliphatic rings. The summed E-state index contributed by atoms with van der Waals surface area (Å²) in [5.74, 6) is 0. The van der Waals surface area contributed by atoms with Crippen molar-refractivity contribution in [3.63, 3.8) is 0 Å². The summed E-state index contributed by atoms with van der Waals surface area (Å²) >= 11 is 0. The van der Waals surface area contributed by atoms with Gasteiger partial charge in [-0.3, -0.25) is 4.98 Å². The number of anilines is 1. The highest BCUT2D eigenvalue weighted by molar-refractivity contribution is 7.89. The van der Waals surface area contributed by atoms with Gasteiger partial charge in [-0.2, -0.15) is 4.31 Å². The standard InChI is InChI=1S/C13H22N4O2S/c1-3-11-10-16(2)7-4-8-17(11)20(18,19)13-9-15-6-5-12(13)14/h5-6,9,11H,3-4,7-8,10H2,1-2H3,(H2,14,15). The number of nitrogens with two attached hydrogens (primary N) is 1. The molecule has 2 N–H and O–H groups in total. The molecule has 1 saturated heterocycles. The summed E-state index contributed by atoms with van der Waals surface area (Å²) in [6.07, 6.45) is 4.45. The Morgan fingerprint density at radius 3 is 2.85 bits per heavy atom. The smallest absolute Gasteiger partial charge is 0.246 e. The van der Waals surface area contributed by atoms with Crippen molar-refractivity contribution in [2.24, 2.45) is 0 Å². The Morgan fingerprint density at radius 1 is 1.45 bits per heavy atom. The fourth-order valence-electron chi connectivity index (χ4n) is 2.60. The van der Waals surface area contributed by atoms with Crippen molar-refractivity contribution in [1.29, 1.82) is 0 Å². The van der Waals surface area contributed by atoms with Crippen molar-refractivity contribution in [2.75, 3.05) is 32.4 Å². The van der Waals surface area contributed by atoms with E-state index in [1.807, 2.05) is 14.0 Å². The number of sulfonamides is 1. The summed E-state index contributed by atoms with van der Waals surface area (Å²) in [5.41, 5.74) is 6.07. The van der Waals surface area contributed by atoms with E-state index in [4.69, 9.17) is 5.73 Å². The van der Waals surface area contributed by atoms with Gasteiger partial charge in [0.2, 0.25) is 10.0 Å². The van der Waals surface area contributed by atoms with Crippen LogP contribution in [0.3, 0.4) is 0 Å². The van der Waals surface area contributed by atoms with Gasteiger partial charge in [0.15, 0.2) is 0 Å². The lowest BCUT2D eigenvalue weighted by atomic mass is 10.2. The highest BCUT2D eigenvalue weighted by Crippen LogP contribution is 2.25. The first-order chi connectivity index (χ1) is 9.46. The van der Waals surface area contributed by atoms with E-state index >= 15 is 0 Å². The van der Waals surface area contributed by atoms with E-state index in [2.05, 4.69) is 9.88 Å². The van der Waals surface area contributed by atoms with E-state index in [1.165, 1.54) is 18.5 Å². The number of likely N-dealkylation sites (N-methyl/N-ethyl adjacent to an activating group) is 1. The van der Waals surface area contributed by atoms with Gasteiger partial charge in [-0.05, 0) is 32.5 Å². The van der Waals surface area contributed by atoms with Gasteiger partial charge in [0.1, 0.15) is 4.90 Å². The summed E-state index contributed by atoms with van der Waals surface area (Å²) < 4.78 is 27.2. The lowest BCUT2D eigenvalue weighted by Gasteiger charge is -2.29. The van der Waals surface area contributed by atoms with Gasteiger partial charge < -0.3 is 10.6 Å². The van der Waals surface area contributed by atoms with E-state index in [0.29, 0.717) is 6.54 Å². The molecule has 0 spiro atoms. The zero-order chi connectivity index (χ0) is 14.8. The van der Waals surface area contributed by atoms with Crippen LogP contribution >= 0.6 is 0 Å². The molecule has 0 saturated carbocycles. The molecule has 0 aliphatic carbocycles. The minimum Gasteiger partial charge on any atom is -0.398 e. The molecule has 1 aromatic rings. The number of rotatable bonds is 3. The maximum absolute atomic E-state index is 12.8. The molecular formula is C13H22N4O2S. The third kappa shape index (κ3) is 2.94. The van der Waals surface area contributed by atoms with Crippen LogP contribution in [0, 0.1) is 0 Å². The van der Waals surface area contributed by atoms with Gasteiger partial charge in [0, 0.05) is 31.5 Å². The van der Waals surface area contributed by atoms with E-state index in [1.54, 1.807) is 4.31 Å². The second-order valence-electron chi connectivity index (χ2n) is 5.21. The van der Waals surface area contributed by atoms with Crippen molar-refractivity contribution in [1.82, 2.24) is 14.2 Å². The van der Waals surface area contributed by atoms with Crippen LogP contribution in [0.5, 0.6) is 0 Å². The topological polar surface area (TPSA) is 79.5 Å². The molecule has 112 valence electrons. The number of hydrogen-bond acceptors (Lipinski definition) is 5. The maximum atomic E-state index is 12.8. The summed E-state index contributed by atoms with van der Waals surface area (Å²) in [7, 11) is -1.56. The third-order valence-electron chi connectivity index (χ3n) is 3.72. The summed E-state index contributed by atoms with van der Waals surface area (Å²) in [6, 6.07) is 1.50. The van der Waals surface area contributed by atoms with Gasteiger partial charge in [-0.25, -0.2) is 8.42 Å². The fourth-order valence-corrected chi connectivity index (χ4v) is 4.39. The molecule has 0 amide bonds. The molecule has 1 fully saturated rings. The van der Waals surface area contributed by atoms with Crippen molar-refractivity contribution in [3.8, 4) is 0 Å². The largest absolute Gasteiger partial charge is 0.398 e. The zero-order valence-electron chi connectivity index (χ0n) is 12.0. The molecule has 2 rings (SSSR count). The monoisotopic (exact) mass is 298 g/mol. The highest BCUT2D eigenvalue weighted by Gasteiger charge is 2.33. The Bertz CT molecular complexity index is 561. The van der Waals surface area contributed by atoms with Crippen LogP contribution in [0.15, 0.2) is 23.4 Å². The molecule has 6 nitrogen and oxygen atoms in total. The molecule has 2 heterocycles. The molecule has 0 bridgehead atoms. The van der Waals surface area contributed by atoms with Crippen LogP contribution in [0.1, 0.15) is 19.8 Å². The first-order valence-electron chi connectivity index (χ1n) is 6.86. The molecule has 1 aromatic heterocycles. The lowest BCUT2D eigenvalue weighted by Crippen LogP contribution is -2.43. The Kier molecular flexibility index (Phi) is 4.62. The average Bonchev–Trinajstić information content (AvgIpc) is 2.60. The molecule has 7 heteroatoms. The predicted octanol–water partition coefficient (Wildman–Crippen LogP) is 0.769. The molecule has 1 atom stereocenters. The van der Waals surface area contributed by atoms with Crippen LogP contribution in [-0.4, -0.2) is 55.3 Å². The zero-order valence-corrected chi connectivity index (χ0v) is 12.8. The summed E-state index contributed by atoms with van der Waals surface area (Å²) in [5, 5.41) is 0. The molecule has 20 heavy (non-hydrogen) atoms. The molecule has 1 unspecified atom stereocenters. The first kappa shape index (κ1) is 15.2. The van der Waals surface area contributed by atoms with E-state index < -0.39 is 10.0 Å². The highest BCUT2D eigenvalue weighted by atomic mass is 32.2. The second-order valence-corrected chi connectivity index (χ2v) is 7.07. The number of hydrogen-bond donors (Lipinski definition) is 1. The number of pyridine rings is 1. The number of aromatic nitrogens is 1. The lowest BCUT2D eigenvalue weighted by molar-refractivity contribution is 0.270. The Balaban J connectivity index is 2.39. The quantitative estimate of drug-likeness (QED) is 0.891. The minimum atomic E-state index is -3.58. The normalized spacial score (nSPS) is 22.6. The predicted molar refractivity (Wildman–Crippen MR) is 78.7 cm³/mol. The Hall–Kier alpha value is -1.18. The average molecular weight is 298 g/mol. The van der Waals surface area contributed by atoms with Gasteiger partial charge >= 0.3 is 0 Å². The third-order valence-corrected chi connectivity index (χ3v) is 5.72. The van der Waals surface area contributed by atoms with Crippen LogP contribution in [-0.2, 0) is 10.0 Å². The molecule has 0 radical (unpaired) electrons. The van der Waals surface area contributed by atoms with Crippen LogP contribution in [0.2, 0.25) is 0 Å². The van der Waals surface area contributed by atoms with Crippen molar-refractivity contribution >= 4 is 15.7 Å². The fraction of sp³-hybridized carbons (Fsp3) is 0.615. The van der Waals surface area contributed by atoms with Gasteiger partial charge in [0.05, 0.1) is 5.69 Å². The SMILES string of the molecule is CCC1CN(C)CCCN1S(=O)(=O)c1cnccc1N. The summed E-state index contributed by atoms with van der Waals surface area (Å²) in [4.78, 5) is 6.19. The number of nitrogen functional groups attached to an aromatic ring is 1.